The molecule has 0 aliphatic carbocycles. The van der Waals surface area contributed by atoms with E-state index in [1.807, 2.05) is 37.3 Å². The van der Waals surface area contributed by atoms with Gasteiger partial charge in [-0.25, -0.2) is 0 Å². The molecular weight excluding hydrogens is 394 g/mol. The van der Waals surface area contributed by atoms with Gasteiger partial charge in [-0.15, -0.1) is 0 Å². The van der Waals surface area contributed by atoms with Crippen molar-refractivity contribution < 1.29 is 23.9 Å². The number of carbonyl (C=O) groups excluding carboxylic acids is 3. The molecular formula is C22H22ClNO5. The van der Waals surface area contributed by atoms with Crippen LogP contribution in [0.4, 0.5) is 0 Å². The third-order valence-electron chi connectivity index (χ3n) is 5.06. The minimum absolute atomic E-state index is 0.0819. The third kappa shape index (κ3) is 4.77. The summed E-state index contributed by atoms with van der Waals surface area (Å²) in [5, 5.41) is 0.302. The molecule has 0 radical (unpaired) electrons. The molecule has 29 heavy (non-hydrogen) atoms. The standard InChI is InChI=1S/C22H22ClNO5/c1-14(15-6-4-3-5-7-15)24-12-17(11-21(24)26)22(27)29-13-19(25)16-8-9-20(28-2)18(23)10-16/h3-10,14,17H,11-13H2,1-2H3/t14-,17-/m1/s1. The van der Waals surface area contributed by atoms with Crippen LogP contribution in [0, 0.1) is 5.92 Å². The first-order valence-corrected chi connectivity index (χ1v) is 9.66. The third-order valence-corrected chi connectivity index (χ3v) is 5.36. The molecule has 2 aromatic rings. The lowest BCUT2D eigenvalue weighted by Gasteiger charge is -2.25. The molecule has 1 amide bonds. The molecule has 1 aliphatic heterocycles. The van der Waals surface area contributed by atoms with Gasteiger partial charge in [0, 0.05) is 18.5 Å². The van der Waals surface area contributed by atoms with Gasteiger partial charge in [-0.05, 0) is 30.7 Å². The van der Waals surface area contributed by atoms with E-state index in [2.05, 4.69) is 0 Å². The second-order valence-electron chi connectivity index (χ2n) is 6.91. The van der Waals surface area contributed by atoms with Crippen LogP contribution >= 0.6 is 11.6 Å². The zero-order valence-electron chi connectivity index (χ0n) is 16.3. The quantitative estimate of drug-likeness (QED) is 0.509. The number of likely N-dealkylation sites (tertiary alicyclic amines) is 1. The maximum absolute atomic E-state index is 12.4. The van der Waals surface area contributed by atoms with Crippen LogP contribution in [0.3, 0.4) is 0 Å². The van der Waals surface area contributed by atoms with Gasteiger partial charge in [0.15, 0.2) is 12.4 Å². The van der Waals surface area contributed by atoms with E-state index in [0.717, 1.165) is 5.56 Å². The molecule has 0 unspecified atom stereocenters. The maximum atomic E-state index is 12.4. The molecule has 1 heterocycles. The van der Waals surface area contributed by atoms with E-state index in [1.165, 1.54) is 13.2 Å². The summed E-state index contributed by atoms with van der Waals surface area (Å²) < 4.78 is 10.2. The van der Waals surface area contributed by atoms with Gasteiger partial charge in [0.25, 0.3) is 0 Å². The van der Waals surface area contributed by atoms with E-state index in [4.69, 9.17) is 21.1 Å². The Labute approximate surface area is 174 Å². The number of rotatable bonds is 7. The van der Waals surface area contributed by atoms with Crippen LogP contribution in [-0.2, 0) is 14.3 Å². The van der Waals surface area contributed by atoms with E-state index in [0.29, 0.717) is 16.3 Å². The molecule has 0 spiro atoms. The van der Waals surface area contributed by atoms with Crippen molar-refractivity contribution in [2.24, 2.45) is 5.92 Å². The van der Waals surface area contributed by atoms with Crippen molar-refractivity contribution >= 4 is 29.3 Å². The zero-order valence-corrected chi connectivity index (χ0v) is 17.0. The van der Waals surface area contributed by atoms with Crippen molar-refractivity contribution in [2.45, 2.75) is 19.4 Å². The Kier molecular flexibility index (Phi) is 6.54. The highest BCUT2D eigenvalue weighted by atomic mass is 35.5. The van der Waals surface area contributed by atoms with Crippen molar-refractivity contribution in [2.75, 3.05) is 20.3 Å². The first-order valence-electron chi connectivity index (χ1n) is 9.28. The predicted molar refractivity (Wildman–Crippen MR) is 108 cm³/mol. The van der Waals surface area contributed by atoms with Gasteiger partial charge in [0.05, 0.1) is 24.1 Å². The average molecular weight is 416 g/mol. The largest absolute Gasteiger partial charge is 0.495 e. The molecule has 0 saturated carbocycles. The second kappa shape index (κ2) is 9.09. The normalized spacial score (nSPS) is 17.1. The SMILES string of the molecule is COc1ccc(C(=O)COC(=O)[C@@H]2CC(=O)N([C@H](C)c3ccccc3)C2)cc1Cl. The summed E-state index contributed by atoms with van der Waals surface area (Å²) in [6.45, 7) is 1.80. The van der Waals surface area contributed by atoms with Crippen molar-refractivity contribution in [3.63, 3.8) is 0 Å². The number of hydrogen-bond acceptors (Lipinski definition) is 5. The summed E-state index contributed by atoms with van der Waals surface area (Å²) in [6, 6.07) is 14.1. The molecule has 0 bridgehead atoms. The second-order valence-corrected chi connectivity index (χ2v) is 7.32. The lowest BCUT2D eigenvalue weighted by atomic mass is 10.1. The number of Topliss-reactive ketones (excluding diaryl/α,β-unsaturated/α-hetero) is 1. The molecule has 1 aliphatic rings. The van der Waals surface area contributed by atoms with Gasteiger partial charge in [-0.1, -0.05) is 41.9 Å². The summed E-state index contributed by atoms with van der Waals surface area (Å²) in [6.07, 6.45) is 0.0819. The van der Waals surface area contributed by atoms with Crippen molar-refractivity contribution in [1.82, 2.24) is 4.90 Å². The summed E-state index contributed by atoms with van der Waals surface area (Å²) in [5.41, 5.74) is 1.33. The number of carbonyl (C=O) groups is 3. The average Bonchev–Trinajstić information content (AvgIpc) is 3.13. The van der Waals surface area contributed by atoms with Crippen LogP contribution in [0.15, 0.2) is 48.5 Å². The van der Waals surface area contributed by atoms with Crippen LogP contribution in [0.2, 0.25) is 5.02 Å². The molecule has 0 N–H and O–H groups in total. The van der Waals surface area contributed by atoms with Gasteiger partial charge in [-0.3, -0.25) is 14.4 Å². The van der Waals surface area contributed by atoms with Gasteiger partial charge in [-0.2, -0.15) is 0 Å². The number of halogens is 1. The molecule has 2 atom stereocenters. The number of nitrogens with zero attached hydrogens (tertiary/aromatic N) is 1. The van der Waals surface area contributed by atoms with Gasteiger partial charge in [0.2, 0.25) is 5.91 Å². The highest BCUT2D eigenvalue weighted by Gasteiger charge is 2.38. The molecule has 3 rings (SSSR count). The van der Waals surface area contributed by atoms with Crippen molar-refractivity contribution in [3.8, 4) is 5.75 Å². The van der Waals surface area contributed by atoms with Gasteiger partial charge in [0.1, 0.15) is 5.75 Å². The number of benzene rings is 2. The van der Waals surface area contributed by atoms with Crippen LogP contribution in [0.25, 0.3) is 0 Å². The van der Waals surface area contributed by atoms with Gasteiger partial charge < -0.3 is 14.4 Å². The topological polar surface area (TPSA) is 72.9 Å². The summed E-state index contributed by atoms with van der Waals surface area (Å²) >= 11 is 6.02. The zero-order chi connectivity index (χ0) is 21.0. The monoisotopic (exact) mass is 415 g/mol. The number of hydrogen-bond donors (Lipinski definition) is 0. The Morgan fingerprint density at radius 1 is 1.21 bits per heavy atom. The van der Waals surface area contributed by atoms with E-state index in [9.17, 15) is 14.4 Å². The fourth-order valence-electron chi connectivity index (χ4n) is 3.35. The molecule has 1 saturated heterocycles. The van der Waals surface area contributed by atoms with Crippen LogP contribution < -0.4 is 4.74 Å². The summed E-state index contributed by atoms with van der Waals surface area (Å²) in [5.74, 6) is -1.15. The molecule has 6 nitrogen and oxygen atoms in total. The lowest BCUT2D eigenvalue weighted by Crippen LogP contribution is -2.30. The highest BCUT2D eigenvalue weighted by molar-refractivity contribution is 6.32. The van der Waals surface area contributed by atoms with Crippen molar-refractivity contribution in [1.29, 1.82) is 0 Å². The minimum Gasteiger partial charge on any atom is -0.495 e. The molecule has 0 aromatic heterocycles. The highest BCUT2D eigenvalue weighted by Crippen LogP contribution is 2.29. The Hall–Kier alpha value is -2.86. The smallest absolute Gasteiger partial charge is 0.311 e. The summed E-state index contributed by atoms with van der Waals surface area (Å²) in [7, 11) is 1.48. The predicted octanol–water partition coefficient (Wildman–Crippen LogP) is 3.68. The lowest BCUT2D eigenvalue weighted by molar-refractivity contribution is -0.147. The van der Waals surface area contributed by atoms with Crippen LogP contribution in [0.1, 0.15) is 35.3 Å². The Morgan fingerprint density at radius 2 is 1.93 bits per heavy atom. The van der Waals surface area contributed by atoms with Crippen LogP contribution in [0.5, 0.6) is 5.75 Å². The fourth-order valence-corrected chi connectivity index (χ4v) is 3.61. The Morgan fingerprint density at radius 3 is 2.59 bits per heavy atom. The Balaban J connectivity index is 1.57. The number of ether oxygens (including phenoxy) is 2. The Bertz CT molecular complexity index is 915. The molecule has 7 heteroatoms. The number of amides is 1. The maximum Gasteiger partial charge on any atom is 0.311 e. The molecule has 2 aromatic carbocycles. The number of esters is 1. The van der Waals surface area contributed by atoms with Crippen LogP contribution in [-0.4, -0.2) is 42.8 Å². The minimum atomic E-state index is -0.582. The van der Waals surface area contributed by atoms with E-state index < -0.39 is 18.5 Å². The van der Waals surface area contributed by atoms with Gasteiger partial charge >= 0.3 is 5.97 Å². The first kappa shape index (κ1) is 20.9. The van der Waals surface area contributed by atoms with Crippen molar-refractivity contribution in [3.05, 3.63) is 64.7 Å². The number of ketones is 1. The summed E-state index contributed by atoms with van der Waals surface area (Å²) in [4.78, 5) is 38.7. The first-order chi connectivity index (χ1) is 13.9. The van der Waals surface area contributed by atoms with E-state index >= 15 is 0 Å². The van der Waals surface area contributed by atoms with E-state index in [-0.39, 0.29) is 30.7 Å². The fraction of sp³-hybridized carbons (Fsp3) is 0.318. The molecule has 152 valence electrons. The molecule has 1 fully saturated rings. The van der Waals surface area contributed by atoms with E-state index in [1.54, 1.807) is 17.0 Å². The number of methoxy groups -OCH3 is 1.